The van der Waals surface area contributed by atoms with Crippen LogP contribution in [0, 0.1) is 5.92 Å². The van der Waals surface area contributed by atoms with Crippen molar-refractivity contribution in [2.45, 2.75) is 5.92 Å². The Morgan fingerprint density at radius 3 is 2.24 bits per heavy atom. The molecule has 0 saturated heterocycles. The molecule has 1 aliphatic heterocycles. The third-order valence-electron chi connectivity index (χ3n) is 5.82. The van der Waals surface area contributed by atoms with E-state index in [1.807, 2.05) is 24.3 Å². The van der Waals surface area contributed by atoms with E-state index in [2.05, 4.69) is 4.99 Å². The molecule has 2 heterocycles. The normalized spacial score (nSPS) is 19.4. The summed E-state index contributed by atoms with van der Waals surface area (Å²) in [6.45, 7) is 0. The number of benzene rings is 2. The maximum atomic E-state index is 13.4. The van der Waals surface area contributed by atoms with Crippen LogP contribution in [0.15, 0.2) is 63.1 Å². The van der Waals surface area contributed by atoms with Gasteiger partial charge in [-0.1, -0.05) is 54.1 Å². The van der Waals surface area contributed by atoms with Crippen molar-refractivity contribution in [3.05, 3.63) is 96.6 Å². The van der Waals surface area contributed by atoms with Crippen LogP contribution < -0.4 is 11.2 Å². The van der Waals surface area contributed by atoms with Gasteiger partial charge in [-0.25, -0.2) is 9.79 Å². The zero-order valence-corrected chi connectivity index (χ0v) is 16.5. The van der Waals surface area contributed by atoms with Gasteiger partial charge in [0.15, 0.2) is 5.78 Å². The van der Waals surface area contributed by atoms with Crippen LogP contribution in [0.3, 0.4) is 0 Å². The summed E-state index contributed by atoms with van der Waals surface area (Å²) in [4.78, 5) is 43.8. The van der Waals surface area contributed by atoms with Crippen molar-refractivity contribution in [2.75, 3.05) is 0 Å². The lowest BCUT2D eigenvalue weighted by atomic mass is 9.76. The average Bonchev–Trinajstić information content (AvgIpc) is 3.02. The summed E-state index contributed by atoms with van der Waals surface area (Å²) in [6.07, 6.45) is 0. The minimum absolute atomic E-state index is 0.0918. The fraction of sp³-hybridized carbons (Fsp3) is 0.182. The minimum atomic E-state index is -0.662. The number of rotatable bonds is 1. The molecule has 2 aromatic carbocycles. The van der Waals surface area contributed by atoms with Gasteiger partial charge in [0.1, 0.15) is 5.82 Å². The second-order valence-electron chi connectivity index (χ2n) is 7.33. The van der Waals surface area contributed by atoms with Gasteiger partial charge in [0.05, 0.1) is 17.2 Å². The van der Waals surface area contributed by atoms with Crippen molar-refractivity contribution in [3.8, 4) is 0 Å². The highest BCUT2D eigenvalue weighted by molar-refractivity contribution is 6.32. The SMILES string of the molecule is Cn1c2c(c(=O)n(C)c1=O)[C@@H](c1ccccc1Cl)[C@H]1C(=O)c3ccccc3C1=N2. The number of carbonyl (C=O) groups excluding carboxylic acids is 1. The topological polar surface area (TPSA) is 73.4 Å². The molecule has 5 rings (SSSR count). The molecule has 6 nitrogen and oxygen atoms in total. The van der Waals surface area contributed by atoms with Crippen molar-refractivity contribution in [2.24, 2.45) is 25.0 Å². The molecule has 144 valence electrons. The van der Waals surface area contributed by atoms with E-state index in [0.29, 0.717) is 27.4 Å². The van der Waals surface area contributed by atoms with Crippen molar-refractivity contribution < 1.29 is 4.79 Å². The summed E-state index contributed by atoms with van der Waals surface area (Å²) >= 11 is 6.51. The van der Waals surface area contributed by atoms with Crippen LogP contribution in [-0.2, 0) is 14.1 Å². The molecule has 0 amide bonds. The number of aromatic nitrogens is 2. The molecule has 0 saturated carbocycles. The molecular weight excluding hydrogens is 390 g/mol. The predicted octanol–water partition coefficient (Wildman–Crippen LogP) is 2.82. The monoisotopic (exact) mass is 405 g/mol. The number of hydrogen-bond donors (Lipinski definition) is 0. The van der Waals surface area contributed by atoms with Crippen molar-refractivity contribution >= 4 is 28.9 Å². The molecule has 2 aliphatic rings. The third kappa shape index (κ3) is 2.29. The maximum Gasteiger partial charge on any atom is 0.332 e. The first-order chi connectivity index (χ1) is 13.9. The summed E-state index contributed by atoms with van der Waals surface area (Å²) in [6, 6.07) is 14.5. The Balaban J connectivity index is 1.94. The molecule has 7 heteroatoms. The minimum Gasteiger partial charge on any atom is -0.293 e. The van der Waals surface area contributed by atoms with Crippen LogP contribution in [0.1, 0.15) is 33.0 Å². The van der Waals surface area contributed by atoms with Gasteiger partial charge in [0.25, 0.3) is 5.56 Å². The smallest absolute Gasteiger partial charge is 0.293 e. The van der Waals surface area contributed by atoms with E-state index in [1.54, 1.807) is 31.3 Å². The van der Waals surface area contributed by atoms with Gasteiger partial charge in [-0.2, -0.15) is 0 Å². The standard InChI is InChI=1S/C22H16ClN3O3/c1-25-20-17(21(28)26(2)22(25)29)15(13-9-5-6-10-14(13)23)16-18(24-20)11-7-3-4-8-12(11)19(16)27/h3-10,15-16H,1-2H3/t15-,16+/m0/s1. The molecule has 0 radical (unpaired) electrons. The van der Waals surface area contributed by atoms with E-state index in [0.717, 1.165) is 10.1 Å². The summed E-state index contributed by atoms with van der Waals surface area (Å²) in [7, 11) is 3.01. The van der Waals surface area contributed by atoms with E-state index in [9.17, 15) is 14.4 Å². The molecule has 0 fully saturated rings. The number of nitrogens with zero attached hydrogens (tertiary/aromatic N) is 3. The highest BCUT2D eigenvalue weighted by Crippen LogP contribution is 2.47. The molecule has 0 unspecified atom stereocenters. The Bertz CT molecular complexity index is 1370. The Labute approximate surface area is 170 Å². The number of hydrogen-bond acceptors (Lipinski definition) is 4. The van der Waals surface area contributed by atoms with E-state index in [-0.39, 0.29) is 11.6 Å². The molecule has 0 bridgehead atoms. The number of halogens is 1. The number of fused-ring (bicyclic) bond motifs is 4. The fourth-order valence-corrected chi connectivity index (χ4v) is 4.68. The number of ketones is 1. The van der Waals surface area contributed by atoms with Gasteiger partial charge < -0.3 is 0 Å². The quantitative estimate of drug-likeness (QED) is 0.625. The molecule has 1 aliphatic carbocycles. The third-order valence-corrected chi connectivity index (χ3v) is 6.17. The lowest BCUT2D eigenvalue weighted by Crippen LogP contribution is -2.43. The van der Waals surface area contributed by atoms with Crippen molar-refractivity contribution in [1.29, 1.82) is 0 Å². The zero-order valence-electron chi connectivity index (χ0n) is 15.7. The van der Waals surface area contributed by atoms with E-state index in [1.165, 1.54) is 11.6 Å². The van der Waals surface area contributed by atoms with Crippen LogP contribution in [0.4, 0.5) is 5.82 Å². The highest BCUT2D eigenvalue weighted by Gasteiger charge is 2.48. The number of carbonyl (C=O) groups is 1. The van der Waals surface area contributed by atoms with Crippen LogP contribution in [0.2, 0.25) is 5.02 Å². The van der Waals surface area contributed by atoms with Gasteiger partial charge in [0, 0.05) is 36.2 Å². The van der Waals surface area contributed by atoms with Gasteiger partial charge in [0.2, 0.25) is 0 Å². The first kappa shape index (κ1) is 17.8. The van der Waals surface area contributed by atoms with Crippen LogP contribution >= 0.6 is 11.6 Å². The van der Waals surface area contributed by atoms with Crippen LogP contribution in [0.25, 0.3) is 0 Å². The molecule has 29 heavy (non-hydrogen) atoms. The lowest BCUT2D eigenvalue weighted by molar-refractivity contribution is 0.0953. The Kier molecular flexibility index (Phi) is 3.76. The highest BCUT2D eigenvalue weighted by atomic mass is 35.5. The summed E-state index contributed by atoms with van der Waals surface area (Å²) < 4.78 is 2.41. The Morgan fingerprint density at radius 2 is 1.52 bits per heavy atom. The van der Waals surface area contributed by atoms with Crippen molar-refractivity contribution in [1.82, 2.24) is 9.13 Å². The average molecular weight is 406 g/mol. The van der Waals surface area contributed by atoms with Crippen molar-refractivity contribution in [3.63, 3.8) is 0 Å². The predicted molar refractivity (Wildman–Crippen MR) is 111 cm³/mol. The Hall–Kier alpha value is -3.25. The first-order valence-electron chi connectivity index (χ1n) is 9.18. The summed E-state index contributed by atoms with van der Waals surface area (Å²) in [5.41, 5.74) is 1.95. The lowest BCUT2D eigenvalue weighted by Gasteiger charge is -2.30. The fourth-order valence-electron chi connectivity index (χ4n) is 4.43. The number of aliphatic imine (C=N–C) groups is 1. The number of Topliss-reactive ketones (excluding diaryl/α,β-unsaturated/α-hetero) is 1. The van der Waals surface area contributed by atoms with Crippen LogP contribution in [0.5, 0.6) is 0 Å². The van der Waals surface area contributed by atoms with E-state index >= 15 is 0 Å². The van der Waals surface area contributed by atoms with Gasteiger partial charge in [-0.3, -0.25) is 18.7 Å². The summed E-state index contributed by atoms with van der Waals surface area (Å²) in [5.74, 6) is -1.11. The molecule has 0 spiro atoms. The zero-order chi connectivity index (χ0) is 20.4. The summed E-state index contributed by atoms with van der Waals surface area (Å²) in [5, 5.41) is 0.462. The molecule has 1 aromatic heterocycles. The first-order valence-corrected chi connectivity index (χ1v) is 9.56. The molecule has 3 aromatic rings. The molecule has 2 atom stereocenters. The van der Waals surface area contributed by atoms with Gasteiger partial charge >= 0.3 is 5.69 Å². The van der Waals surface area contributed by atoms with E-state index < -0.39 is 23.1 Å². The Morgan fingerprint density at radius 1 is 0.862 bits per heavy atom. The molecular formula is C22H16ClN3O3. The molecule has 0 N–H and O–H groups in total. The van der Waals surface area contributed by atoms with Gasteiger partial charge in [-0.15, -0.1) is 0 Å². The van der Waals surface area contributed by atoms with Crippen LogP contribution in [-0.4, -0.2) is 20.6 Å². The maximum absolute atomic E-state index is 13.4. The van der Waals surface area contributed by atoms with E-state index in [4.69, 9.17) is 11.6 Å². The second-order valence-corrected chi connectivity index (χ2v) is 7.73. The second kappa shape index (κ2) is 6.12. The largest absolute Gasteiger partial charge is 0.332 e. The van der Waals surface area contributed by atoms with Gasteiger partial charge in [-0.05, 0) is 11.6 Å².